The first-order valence-electron chi connectivity index (χ1n) is 12.1. The number of rotatable bonds is 9. The van der Waals surface area contributed by atoms with Crippen molar-refractivity contribution in [2.24, 2.45) is 10.4 Å². The lowest BCUT2D eigenvalue weighted by Crippen LogP contribution is -2.44. The van der Waals surface area contributed by atoms with Crippen LogP contribution in [0.2, 0.25) is 10.0 Å². The molecule has 2 aromatic rings. The quantitative estimate of drug-likeness (QED) is 0.245. The highest BCUT2D eigenvalue weighted by molar-refractivity contribution is 6.35. The second-order valence-electron chi connectivity index (χ2n) is 9.58. The fraction of sp³-hybridized carbons (Fsp3) is 0.400. The molecule has 2 amide bonds. The lowest BCUT2D eigenvalue weighted by Gasteiger charge is -2.29. The van der Waals surface area contributed by atoms with Crippen molar-refractivity contribution >= 4 is 52.6 Å². The molecule has 0 saturated heterocycles. The molecule has 6 N–H and O–H groups in total. The van der Waals surface area contributed by atoms with E-state index in [2.05, 4.69) is 45.1 Å². The highest BCUT2D eigenvalue weighted by atomic mass is 35.5. The fourth-order valence-corrected chi connectivity index (χ4v) is 4.14. The number of esters is 1. The van der Waals surface area contributed by atoms with Crippen molar-refractivity contribution in [2.75, 3.05) is 31.6 Å². The number of guanidine groups is 1. The van der Waals surface area contributed by atoms with Gasteiger partial charge in [0.1, 0.15) is 11.4 Å². The molecule has 1 aliphatic heterocycles. The molecule has 2 heterocycles. The van der Waals surface area contributed by atoms with Crippen molar-refractivity contribution in [1.82, 2.24) is 20.9 Å². The number of pyridine rings is 1. The Morgan fingerprint density at radius 1 is 1.23 bits per heavy atom. The summed E-state index contributed by atoms with van der Waals surface area (Å²) in [5, 5.41) is 21.5. The maximum Gasteiger partial charge on any atom is 0.308 e. The predicted molar refractivity (Wildman–Crippen MR) is 147 cm³/mol. The second kappa shape index (κ2) is 12.9. The van der Waals surface area contributed by atoms with Gasteiger partial charge in [-0.1, -0.05) is 37.0 Å². The van der Waals surface area contributed by atoms with Crippen LogP contribution in [0.15, 0.2) is 34.2 Å². The number of halogens is 2. The van der Waals surface area contributed by atoms with Crippen LogP contribution in [0.4, 0.5) is 5.69 Å². The summed E-state index contributed by atoms with van der Waals surface area (Å²) in [6.45, 7) is 6.61. The molecule has 0 unspecified atom stereocenters. The third kappa shape index (κ3) is 8.36. The molecule has 0 radical (unpaired) electrons. The molecule has 210 valence electrons. The molecule has 39 heavy (non-hydrogen) atoms. The maximum absolute atomic E-state index is 12.7. The Morgan fingerprint density at radius 2 is 1.97 bits per heavy atom. The van der Waals surface area contributed by atoms with Gasteiger partial charge in [0.15, 0.2) is 5.96 Å². The van der Waals surface area contributed by atoms with Gasteiger partial charge >= 0.3 is 5.97 Å². The zero-order valence-corrected chi connectivity index (χ0v) is 23.1. The van der Waals surface area contributed by atoms with Gasteiger partial charge in [-0.3, -0.25) is 24.2 Å². The molecule has 1 aliphatic rings. The summed E-state index contributed by atoms with van der Waals surface area (Å²) in [4.78, 5) is 56.7. The summed E-state index contributed by atoms with van der Waals surface area (Å²) >= 11 is 12.0. The number of aromatic hydroxyl groups is 1. The normalized spacial score (nSPS) is 14.8. The number of carbonyl (C=O) groups is 3. The number of aromatic nitrogens is 1. The lowest BCUT2D eigenvalue weighted by atomic mass is 9.93. The largest absolute Gasteiger partial charge is 0.506 e. The number of nitrogens with one attached hydrogen (secondary N) is 5. The SMILES string of the molecule is CCOC(=O)C[C@H](NC(=O)CNC(=O)c1c[nH]c(=O)c(NC2=NCC(C)(C)CN2)c1)c1cc(Cl)cc(Cl)c1O. The first-order valence-corrected chi connectivity index (χ1v) is 12.8. The number of benzene rings is 1. The van der Waals surface area contributed by atoms with Crippen LogP contribution in [0.25, 0.3) is 0 Å². The first-order chi connectivity index (χ1) is 18.4. The van der Waals surface area contributed by atoms with E-state index in [0.29, 0.717) is 19.0 Å². The monoisotopic (exact) mass is 580 g/mol. The molecular formula is C25H30Cl2N6O6. The third-order valence-electron chi connectivity index (χ3n) is 5.67. The first kappa shape index (κ1) is 29.8. The van der Waals surface area contributed by atoms with Crippen LogP contribution < -0.4 is 26.8 Å². The molecule has 0 bridgehead atoms. The number of ether oxygens (including phenoxy) is 1. The Labute approximate surface area is 234 Å². The summed E-state index contributed by atoms with van der Waals surface area (Å²) < 4.78 is 4.96. The number of phenols is 1. The fourth-order valence-electron chi connectivity index (χ4n) is 3.63. The van der Waals surface area contributed by atoms with Crippen molar-refractivity contribution in [1.29, 1.82) is 0 Å². The van der Waals surface area contributed by atoms with E-state index in [1.54, 1.807) is 6.92 Å². The number of H-pyrrole nitrogens is 1. The summed E-state index contributed by atoms with van der Waals surface area (Å²) in [5.41, 5.74) is -0.183. The predicted octanol–water partition coefficient (Wildman–Crippen LogP) is 2.33. The van der Waals surface area contributed by atoms with Gasteiger partial charge in [0.05, 0.1) is 36.2 Å². The van der Waals surface area contributed by atoms with Crippen LogP contribution in [0.5, 0.6) is 5.75 Å². The van der Waals surface area contributed by atoms with Crippen molar-refractivity contribution in [3.8, 4) is 5.75 Å². The molecule has 1 aromatic carbocycles. The molecular weight excluding hydrogens is 551 g/mol. The molecule has 0 saturated carbocycles. The van der Waals surface area contributed by atoms with Gasteiger partial charge < -0.3 is 36.1 Å². The van der Waals surface area contributed by atoms with E-state index in [1.807, 2.05) is 0 Å². The molecule has 0 spiro atoms. The number of carbonyl (C=O) groups excluding carboxylic acids is 3. The molecule has 12 nitrogen and oxygen atoms in total. The number of anilines is 1. The van der Waals surface area contributed by atoms with Crippen LogP contribution in [0, 0.1) is 5.41 Å². The lowest BCUT2D eigenvalue weighted by molar-refractivity contribution is -0.143. The molecule has 1 atom stereocenters. The van der Waals surface area contributed by atoms with E-state index < -0.39 is 35.9 Å². The Kier molecular flexibility index (Phi) is 9.81. The van der Waals surface area contributed by atoms with Gasteiger partial charge in [-0.2, -0.15) is 0 Å². The number of hydrogen-bond donors (Lipinski definition) is 6. The molecule has 0 fully saturated rings. The van der Waals surface area contributed by atoms with Gasteiger partial charge in [-0.25, -0.2) is 0 Å². The number of aromatic amines is 1. The van der Waals surface area contributed by atoms with Crippen LogP contribution in [-0.4, -0.2) is 60.1 Å². The Bertz CT molecular complexity index is 1340. The Balaban J connectivity index is 1.67. The molecule has 3 rings (SSSR count). The van der Waals surface area contributed by atoms with Crippen LogP contribution in [-0.2, 0) is 14.3 Å². The van der Waals surface area contributed by atoms with Crippen molar-refractivity contribution in [3.63, 3.8) is 0 Å². The van der Waals surface area contributed by atoms with E-state index in [-0.39, 0.29) is 51.1 Å². The van der Waals surface area contributed by atoms with E-state index in [0.717, 1.165) is 0 Å². The van der Waals surface area contributed by atoms with Crippen LogP contribution in [0.3, 0.4) is 0 Å². The van der Waals surface area contributed by atoms with E-state index in [4.69, 9.17) is 27.9 Å². The van der Waals surface area contributed by atoms with E-state index in [9.17, 15) is 24.3 Å². The highest BCUT2D eigenvalue weighted by Crippen LogP contribution is 2.36. The average Bonchev–Trinajstić information content (AvgIpc) is 2.87. The summed E-state index contributed by atoms with van der Waals surface area (Å²) in [6.07, 6.45) is 0.900. The zero-order chi connectivity index (χ0) is 28.7. The number of hydrogen-bond acceptors (Lipinski definition) is 9. The highest BCUT2D eigenvalue weighted by Gasteiger charge is 2.25. The van der Waals surface area contributed by atoms with Gasteiger partial charge in [0.2, 0.25) is 5.91 Å². The third-order valence-corrected chi connectivity index (χ3v) is 6.18. The number of aliphatic imine (C=N–C) groups is 1. The molecule has 1 aromatic heterocycles. The standard InChI is InChI=1S/C25H30Cl2N6O6/c1-4-39-20(35)8-17(15-6-14(26)7-16(27)21(15)36)32-19(34)10-29-22(37)13-5-18(23(38)28-9-13)33-24-30-11-25(2,3)12-31-24/h5-7,9,17,36H,4,8,10-12H2,1-3H3,(H,28,38)(H,29,37)(H,32,34)(H2,30,31,33)/t17-/m0/s1. The van der Waals surface area contributed by atoms with Crippen LogP contribution >= 0.6 is 23.2 Å². The minimum absolute atomic E-state index is 0.0208. The average molecular weight is 581 g/mol. The summed E-state index contributed by atoms with van der Waals surface area (Å²) in [5.74, 6) is -1.88. The van der Waals surface area contributed by atoms with Crippen molar-refractivity contribution in [2.45, 2.75) is 33.2 Å². The number of phenolic OH excluding ortho intramolecular Hbond substituents is 1. The van der Waals surface area contributed by atoms with Crippen molar-refractivity contribution in [3.05, 3.63) is 55.9 Å². The number of nitrogens with zero attached hydrogens (tertiary/aromatic N) is 1. The van der Waals surface area contributed by atoms with E-state index >= 15 is 0 Å². The van der Waals surface area contributed by atoms with Gasteiger partial charge in [0, 0.05) is 35.3 Å². The topological polar surface area (TPSA) is 174 Å². The number of amides is 2. The van der Waals surface area contributed by atoms with Gasteiger partial charge in [0.25, 0.3) is 11.5 Å². The minimum atomic E-state index is -1.04. The zero-order valence-electron chi connectivity index (χ0n) is 21.6. The molecule has 14 heteroatoms. The Morgan fingerprint density at radius 3 is 2.64 bits per heavy atom. The van der Waals surface area contributed by atoms with Crippen molar-refractivity contribution < 1.29 is 24.2 Å². The summed E-state index contributed by atoms with van der Waals surface area (Å²) in [6, 6.07) is 2.98. The minimum Gasteiger partial charge on any atom is -0.506 e. The maximum atomic E-state index is 12.7. The van der Waals surface area contributed by atoms with Gasteiger partial charge in [-0.05, 0) is 25.1 Å². The van der Waals surface area contributed by atoms with Gasteiger partial charge in [-0.15, -0.1) is 0 Å². The Hall–Kier alpha value is -3.77. The smallest absolute Gasteiger partial charge is 0.308 e. The second-order valence-corrected chi connectivity index (χ2v) is 10.4. The van der Waals surface area contributed by atoms with E-state index in [1.165, 1.54) is 24.4 Å². The summed E-state index contributed by atoms with van der Waals surface area (Å²) in [7, 11) is 0. The molecule has 0 aliphatic carbocycles. The van der Waals surface area contributed by atoms with Crippen LogP contribution in [0.1, 0.15) is 49.2 Å².